The molecule has 5 nitrogen and oxygen atoms in total. The van der Waals surface area contributed by atoms with Gasteiger partial charge in [-0.3, -0.25) is 4.90 Å². The molecule has 1 amide bonds. The van der Waals surface area contributed by atoms with Crippen molar-refractivity contribution in [2.45, 2.75) is 6.92 Å². The van der Waals surface area contributed by atoms with Crippen LogP contribution in [0.3, 0.4) is 0 Å². The summed E-state index contributed by atoms with van der Waals surface area (Å²) in [5.41, 5.74) is 1.35. The largest absolute Gasteiger partial charge is 0.496 e. The first-order chi connectivity index (χ1) is 7.51. The SMILES string of the molecule is COc1cc(N(C)C(=O)O)c(OC)cc1C. The van der Waals surface area contributed by atoms with E-state index in [1.807, 2.05) is 6.92 Å². The summed E-state index contributed by atoms with van der Waals surface area (Å²) in [4.78, 5) is 12.0. The Morgan fingerprint density at radius 2 is 1.81 bits per heavy atom. The van der Waals surface area contributed by atoms with Gasteiger partial charge in [0.15, 0.2) is 0 Å². The fraction of sp³-hybridized carbons (Fsp3) is 0.364. The van der Waals surface area contributed by atoms with Gasteiger partial charge < -0.3 is 14.6 Å². The van der Waals surface area contributed by atoms with Crippen LogP contribution in [0.15, 0.2) is 12.1 Å². The van der Waals surface area contributed by atoms with Gasteiger partial charge in [0.05, 0.1) is 19.9 Å². The second-order valence-electron chi connectivity index (χ2n) is 3.34. The Hall–Kier alpha value is -1.91. The van der Waals surface area contributed by atoms with Crippen LogP contribution >= 0.6 is 0 Å². The first kappa shape index (κ1) is 12.2. The highest BCUT2D eigenvalue weighted by Gasteiger charge is 2.16. The summed E-state index contributed by atoms with van der Waals surface area (Å²) in [6, 6.07) is 3.38. The third-order valence-electron chi connectivity index (χ3n) is 2.34. The molecule has 0 atom stereocenters. The third-order valence-corrected chi connectivity index (χ3v) is 2.34. The maximum absolute atomic E-state index is 10.9. The van der Waals surface area contributed by atoms with Crippen molar-refractivity contribution >= 4 is 11.8 Å². The molecule has 0 aromatic heterocycles. The summed E-state index contributed by atoms with van der Waals surface area (Å²) in [6.45, 7) is 1.87. The van der Waals surface area contributed by atoms with Gasteiger partial charge in [0.25, 0.3) is 0 Å². The Morgan fingerprint density at radius 3 is 2.25 bits per heavy atom. The highest BCUT2D eigenvalue weighted by atomic mass is 16.5. The van der Waals surface area contributed by atoms with Crippen molar-refractivity contribution in [2.24, 2.45) is 0 Å². The lowest BCUT2D eigenvalue weighted by Crippen LogP contribution is -2.24. The predicted octanol–water partition coefficient (Wildman–Crippen LogP) is 2.13. The first-order valence-electron chi connectivity index (χ1n) is 4.70. The molecule has 0 aliphatic carbocycles. The van der Waals surface area contributed by atoms with E-state index in [-0.39, 0.29) is 0 Å². The number of methoxy groups -OCH3 is 2. The van der Waals surface area contributed by atoms with E-state index in [2.05, 4.69) is 0 Å². The molecule has 0 heterocycles. The van der Waals surface area contributed by atoms with E-state index in [4.69, 9.17) is 14.6 Å². The summed E-state index contributed by atoms with van der Waals surface area (Å²) in [6.07, 6.45) is -1.05. The van der Waals surface area contributed by atoms with Crippen LogP contribution in [0, 0.1) is 6.92 Å². The van der Waals surface area contributed by atoms with Crippen LogP contribution in [0.4, 0.5) is 10.5 Å². The molecule has 5 heteroatoms. The maximum atomic E-state index is 10.9. The highest BCUT2D eigenvalue weighted by Crippen LogP contribution is 2.34. The molecule has 0 aliphatic heterocycles. The third kappa shape index (κ3) is 2.18. The lowest BCUT2D eigenvalue weighted by molar-refractivity contribution is 0.203. The first-order valence-corrected chi connectivity index (χ1v) is 4.70. The molecule has 0 aliphatic rings. The number of hydrogen-bond acceptors (Lipinski definition) is 3. The molecule has 0 radical (unpaired) electrons. The van der Waals surface area contributed by atoms with Gasteiger partial charge in [-0.25, -0.2) is 4.79 Å². The number of carboxylic acid groups (broad SMARTS) is 1. The molecule has 16 heavy (non-hydrogen) atoms. The molecule has 1 N–H and O–H groups in total. The van der Waals surface area contributed by atoms with Crippen LogP contribution in [-0.4, -0.2) is 32.5 Å². The number of anilines is 1. The Morgan fingerprint density at radius 1 is 1.25 bits per heavy atom. The van der Waals surface area contributed by atoms with E-state index in [9.17, 15) is 4.79 Å². The number of carbonyl (C=O) groups is 1. The Bertz CT molecular complexity index is 403. The zero-order valence-corrected chi connectivity index (χ0v) is 9.77. The molecule has 1 rings (SSSR count). The molecule has 0 unspecified atom stereocenters. The van der Waals surface area contributed by atoms with Gasteiger partial charge in [-0.15, -0.1) is 0 Å². The zero-order valence-electron chi connectivity index (χ0n) is 9.77. The van der Waals surface area contributed by atoms with Gasteiger partial charge in [0.2, 0.25) is 0 Å². The van der Waals surface area contributed by atoms with Crippen molar-refractivity contribution in [3.63, 3.8) is 0 Å². The summed E-state index contributed by atoms with van der Waals surface area (Å²) < 4.78 is 10.3. The summed E-state index contributed by atoms with van der Waals surface area (Å²) in [5, 5.41) is 8.92. The second-order valence-corrected chi connectivity index (χ2v) is 3.34. The minimum Gasteiger partial charge on any atom is -0.496 e. The average molecular weight is 225 g/mol. The van der Waals surface area contributed by atoms with Crippen LogP contribution in [-0.2, 0) is 0 Å². The van der Waals surface area contributed by atoms with Crippen molar-refractivity contribution < 1.29 is 19.4 Å². The van der Waals surface area contributed by atoms with Crippen LogP contribution in [0.25, 0.3) is 0 Å². The fourth-order valence-corrected chi connectivity index (χ4v) is 1.40. The van der Waals surface area contributed by atoms with Crippen LogP contribution in [0.5, 0.6) is 11.5 Å². The number of aryl methyl sites for hydroxylation is 1. The van der Waals surface area contributed by atoms with Gasteiger partial charge in [0, 0.05) is 13.1 Å². The molecule has 0 fully saturated rings. The standard InChI is InChI=1S/C11H15NO4/c1-7-5-10(16-4)8(6-9(7)15-3)12(2)11(13)14/h5-6H,1-4H3,(H,13,14). The summed E-state index contributed by atoms with van der Waals surface area (Å²) in [5.74, 6) is 1.13. The smallest absolute Gasteiger partial charge is 0.411 e. The molecule has 0 saturated heterocycles. The number of amides is 1. The minimum absolute atomic E-state index is 0.456. The molecule has 1 aromatic rings. The van der Waals surface area contributed by atoms with Crippen molar-refractivity contribution in [1.29, 1.82) is 0 Å². The number of nitrogens with zero attached hydrogens (tertiary/aromatic N) is 1. The molecule has 88 valence electrons. The minimum atomic E-state index is -1.05. The monoisotopic (exact) mass is 225 g/mol. The Kier molecular flexibility index (Phi) is 3.60. The van der Waals surface area contributed by atoms with Gasteiger partial charge in [-0.1, -0.05) is 0 Å². The number of hydrogen-bond donors (Lipinski definition) is 1. The van der Waals surface area contributed by atoms with E-state index in [0.29, 0.717) is 17.2 Å². The van der Waals surface area contributed by atoms with Crippen LogP contribution in [0.2, 0.25) is 0 Å². The normalized spacial score (nSPS) is 9.75. The van der Waals surface area contributed by atoms with E-state index >= 15 is 0 Å². The van der Waals surface area contributed by atoms with Crippen molar-refractivity contribution in [2.75, 3.05) is 26.2 Å². The lowest BCUT2D eigenvalue weighted by atomic mass is 10.1. The molecule has 1 aromatic carbocycles. The highest BCUT2D eigenvalue weighted by molar-refractivity contribution is 5.88. The number of benzene rings is 1. The Balaban J connectivity index is 3.29. The van der Waals surface area contributed by atoms with Gasteiger partial charge in [-0.2, -0.15) is 0 Å². The number of ether oxygens (including phenoxy) is 2. The van der Waals surface area contributed by atoms with Crippen LogP contribution in [0.1, 0.15) is 5.56 Å². The molecule has 0 saturated carbocycles. The molecule has 0 bridgehead atoms. The molecular formula is C11H15NO4. The Labute approximate surface area is 94.2 Å². The van der Waals surface area contributed by atoms with Crippen LogP contribution < -0.4 is 14.4 Å². The van der Waals surface area contributed by atoms with Crippen molar-refractivity contribution in [3.8, 4) is 11.5 Å². The van der Waals surface area contributed by atoms with E-state index < -0.39 is 6.09 Å². The average Bonchev–Trinajstić information content (AvgIpc) is 2.27. The number of rotatable bonds is 3. The summed E-state index contributed by atoms with van der Waals surface area (Å²) >= 11 is 0. The molecular weight excluding hydrogens is 210 g/mol. The summed E-state index contributed by atoms with van der Waals surface area (Å²) in [7, 11) is 4.49. The van der Waals surface area contributed by atoms with Crippen molar-refractivity contribution in [3.05, 3.63) is 17.7 Å². The van der Waals surface area contributed by atoms with E-state index in [1.165, 1.54) is 14.2 Å². The predicted molar refractivity (Wildman–Crippen MR) is 60.7 cm³/mol. The van der Waals surface area contributed by atoms with E-state index in [1.54, 1.807) is 19.2 Å². The van der Waals surface area contributed by atoms with Gasteiger partial charge in [-0.05, 0) is 18.6 Å². The molecule has 0 spiro atoms. The van der Waals surface area contributed by atoms with E-state index in [0.717, 1.165) is 10.5 Å². The van der Waals surface area contributed by atoms with Gasteiger partial charge >= 0.3 is 6.09 Å². The van der Waals surface area contributed by atoms with Crippen molar-refractivity contribution in [1.82, 2.24) is 0 Å². The topological polar surface area (TPSA) is 59.0 Å². The van der Waals surface area contributed by atoms with Gasteiger partial charge in [0.1, 0.15) is 11.5 Å². The lowest BCUT2D eigenvalue weighted by Gasteiger charge is -2.18. The zero-order chi connectivity index (χ0) is 12.3. The maximum Gasteiger partial charge on any atom is 0.411 e. The fourth-order valence-electron chi connectivity index (χ4n) is 1.40. The second kappa shape index (κ2) is 4.74. The quantitative estimate of drug-likeness (QED) is 0.856.